The lowest BCUT2D eigenvalue weighted by molar-refractivity contribution is 0.0967. The van der Waals surface area contributed by atoms with Crippen LogP contribution in [-0.2, 0) is 0 Å². The van der Waals surface area contributed by atoms with Gasteiger partial charge in [-0.15, -0.1) is 0 Å². The molecule has 2 saturated carbocycles. The highest BCUT2D eigenvalue weighted by Crippen LogP contribution is 2.40. The van der Waals surface area contributed by atoms with E-state index in [1.165, 1.54) is 96.7 Å². The molecule has 21 heavy (non-hydrogen) atoms. The highest BCUT2D eigenvalue weighted by atomic mass is 15.2. The summed E-state index contributed by atoms with van der Waals surface area (Å²) in [4.78, 5) is 2.93. The number of hydrogen-bond acceptors (Lipinski definition) is 2. The van der Waals surface area contributed by atoms with Crippen LogP contribution in [0.3, 0.4) is 0 Å². The van der Waals surface area contributed by atoms with Crippen molar-refractivity contribution in [3.05, 3.63) is 0 Å². The minimum Gasteiger partial charge on any atom is -0.319 e. The van der Waals surface area contributed by atoms with Gasteiger partial charge in [-0.1, -0.05) is 38.5 Å². The summed E-state index contributed by atoms with van der Waals surface area (Å²) in [5.74, 6) is 1.03. The minimum absolute atomic E-state index is 0.576. The molecule has 0 aromatic rings. The standard InChI is InChI=1S/C19H36N2/c1-20-15-19(12-6-2-3-7-13-19)16-21-14-8-11-18(21)17-9-4-5-10-17/h17-18,20H,2-16H2,1H3. The van der Waals surface area contributed by atoms with Crippen molar-refractivity contribution in [1.29, 1.82) is 0 Å². The first-order chi connectivity index (χ1) is 10.3. The molecule has 3 fully saturated rings. The van der Waals surface area contributed by atoms with E-state index < -0.39 is 0 Å². The van der Waals surface area contributed by atoms with Crippen molar-refractivity contribution in [3.8, 4) is 0 Å². The van der Waals surface area contributed by atoms with Gasteiger partial charge < -0.3 is 5.32 Å². The van der Waals surface area contributed by atoms with Crippen LogP contribution in [0.4, 0.5) is 0 Å². The summed E-state index contributed by atoms with van der Waals surface area (Å²) in [5, 5.41) is 3.54. The SMILES string of the molecule is CNCC1(CN2CCCC2C2CCCC2)CCCCCC1. The van der Waals surface area contributed by atoms with Crippen LogP contribution in [-0.4, -0.2) is 37.6 Å². The van der Waals surface area contributed by atoms with Gasteiger partial charge in [-0.3, -0.25) is 4.90 Å². The molecule has 2 nitrogen and oxygen atoms in total. The van der Waals surface area contributed by atoms with Crippen molar-refractivity contribution in [2.45, 2.75) is 83.1 Å². The molecule has 3 aliphatic rings. The first kappa shape index (κ1) is 15.8. The summed E-state index contributed by atoms with van der Waals surface area (Å²) < 4.78 is 0. The third-order valence-corrected chi connectivity index (χ3v) is 6.61. The van der Waals surface area contributed by atoms with Crippen LogP contribution in [0.15, 0.2) is 0 Å². The van der Waals surface area contributed by atoms with Gasteiger partial charge in [0, 0.05) is 19.1 Å². The largest absolute Gasteiger partial charge is 0.319 e. The smallest absolute Gasteiger partial charge is 0.0124 e. The second-order valence-electron chi connectivity index (χ2n) is 8.17. The third kappa shape index (κ3) is 3.82. The van der Waals surface area contributed by atoms with E-state index in [1.54, 1.807) is 0 Å². The van der Waals surface area contributed by atoms with E-state index in [0.717, 1.165) is 12.0 Å². The number of likely N-dealkylation sites (tertiary alicyclic amines) is 1. The first-order valence-electron chi connectivity index (χ1n) is 9.72. The fourth-order valence-electron chi connectivity index (χ4n) is 5.60. The molecule has 0 radical (unpaired) electrons. The molecule has 1 heterocycles. The normalized spacial score (nSPS) is 31.6. The maximum absolute atomic E-state index is 3.54. The summed E-state index contributed by atoms with van der Waals surface area (Å²) in [6.07, 6.45) is 17.7. The Kier molecular flexibility index (Phi) is 5.61. The van der Waals surface area contributed by atoms with Gasteiger partial charge in [0.1, 0.15) is 0 Å². The van der Waals surface area contributed by atoms with Gasteiger partial charge in [0.25, 0.3) is 0 Å². The van der Waals surface area contributed by atoms with E-state index in [1.807, 2.05) is 0 Å². The summed E-state index contributed by atoms with van der Waals surface area (Å²) in [6, 6.07) is 0.935. The van der Waals surface area contributed by atoms with Gasteiger partial charge in [-0.2, -0.15) is 0 Å². The second kappa shape index (κ2) is 7.46. The average Bonchev–Trinajstić information content (AvgIpc) is 3.09. The Balaban J connectivity index is 1.65. The monoisotopic (exact) mass is 292 g/mol. The molecule has 0 bridgehead atoms. The van der Waals surface area contributed by atoms with Gasteiger partial charge >= 0.3 is 0 Å². The van der Waals surface area contributed by atoms with Crippen LogP contribution in [0.1, 0.15) is 77.0 Å². The van der Waals surface area contributed by atoms with E-state index in [4.69, 9.17) is 0 Å². The molecule has 0 aromatic carbocycles. The predicted octanol–water partition coefficient (Wildman–Crippen LogP) is 4.20. The van der Waals surface area contributed by atoms with Crippen molar-refractivity contribution in [1.82, 2.24) is 10.2 Å². The van der Waals surface area contributed by atoms with Crippen molar-refractivity contribution in [3.63, 3.8) is 0 Å². The van der Waals surface area contributed by atoms with E-state index in [0.29, 0.717) is 5.41 Å². The maximum Gasteiger partial charge on any atom is 0.0124 e. The van der Waals surface area contributed by atoms with E-state index in [2.05, 4.69) is 17.3 Å². The molecule has 2 heteroatoms. The number of hydrogen-bond donors (Lipinski definition) is 1. The molecule has 1 saturated heterocycles. The lowest BCUT2D eigenvalue weighted by atomic mass is 9.79. The fourth-order valence-corrected chi connectivity index (χ4v) is 5.60. The third-order valence-electron chi connectivity index (χ3n) is 6.61. The van der Waals surface area contributed by atoms with Crippen molar-refractivity contribution in [2.75, 3.05) is 26.7 Å². The summed E-state index contributed by atoms with van der Waals surface area (Å²) >= 11 is 0. The molecule has 0 aromatic heterocycles. The van der Waals surface area contributed by atoms with E-state index in [-0.39, 0.29) is 0 Å². The molecule has 1 atom stereocenters. The Morgan fingerprint density at radius 3 is 2.29 bits per heavy atom. The minimum atomic E-state index is 0.576. The maximum atomic E-state index is 3.54. The molecular weight excluding hydrogens is 256 g/mol. The quantitative estimate of drug-likeness (QED) is 0.764. The van der Waals surface area contributed by atoms with Crippen molar-refractivity contribution < 1.29 is 0 Å². The average molecular weight is 293 g/mol. The number of nitrogens with zero attached hydrogens (tertiary/aromatic N) is 1. The Morgan fingerprint density at radius 1 is 0.905 bits per heavy atom. The molecule has 0 spiro atoms. The summed E-state index contributed by atoms with van der Waals surface area (Å²) in [7, 11) is 2.16. The highest BCUT2D eigenvalue weighted by molar-refractivity contribution is 4.93. The van der Waals surface area contributed by atoms with Crippen molar-refractivity contribution >= 4 is 0 Å². The molecule has 0 amide bonds. The predicted molar refractivity (Wildman–Crippen MR) is 90.6 cm³/mol. The van der Waals surface area contributed by atoms with Gasteiger partial charge in [0.05, 0.1) is 0 Å². The fraction of sp³-hybridized carbons (Fsp3) is 1.00. The van der Waals surface area contributed by atoms with E-state index >= 15 is 0 Å². The van der Waals surface area contributed by atoms with Crippen LogP contribution < -0.4 is 5.32 Å². The Morgan fingerprint density at radius 2 is 1.62 bits per heavy atom. The Bertz CT molecular complexity index is 301. The van der Waals surface area contributed by atoms with Crippen LogP contribution in [0.25, 0.3) is 0 Å². The van der Waals surface area contributed by atoms with Gasteiger partial charge in [0.15, 0.2) is 0 Å². The summed E-state index contributed by atoms with van der Waals surface area (Å²) in [6.45, 7) is 4.00. The first-order valence-corrected chi connectivity index (χ1v) is 9.72. The second-order valence-corrected chi connectivity index (χ2v) is 8.17. The Hall–Kier alpha value is -0.0800. The van der Waals surface area contributed by atoms with Crippen molar-refractivity contribution in [2.24, 2.45) is 11.3 Å². The molecular formula is C19H36N2. The zero-order chi connectivity index (χ0) is 14.5. The van der Waals surface area contributed by atoms with Gasteiger partial charge in [-0.05, 0) is 63.5 Å². The highest BCUT2D eigenvalue weighted by Gasteiger charge is 2.39. The number of nitrogens with one attached hydrogen (secondary N) is 1. The number of rotatable bonds is 5. The van der Waals surface area contributed by atoms with Crippen LogP contribution in [0.5, 0.6) is 0 Å². The topological polar surface area (TPSA) is 15.3 Å². The molecule has 1 N–H and O–H groups in total. The lowest BCUT2D eigenvalue weighted by Crippen LogP contribution is -2.46. The van der Waals surface area contributed by atoms with Crippen LogP contribution in [0.2, 0.25) is 0 Å². The summed E-state index contributed by atoms with van der Waals surface area (Å²) in [5.41, 5.74) is 0.576. The molecule has 3 rings (SSSR count). The zero-order valence-corrected chi connectivity index (χ0v) is 14.2. The molecule has 1 aliphatic heterocycles. The molecule has 2 aliphatic carbocycles. The van der Waals surface area contributed by atoms with Gasteiger partial charge in [0.2, 0.25) is 0 Å². The van der Waals surface area contributed by atoms with E-state index in [9.17, 15) is 0 Å². The van der Waals surface area contributed by atoms with Gasteiger partial charge in [-0.25, -0.2) is 0 Å². The molecule has 122 valence electrons. The molecule has 1 unspecified atom stereocenters. The lowest BCUT2D eigenvalue weighted by Gasteiger charge is -2.40. The zero-order valence-electron chi connectivity index (χ0n) is 14.2. The van der Waals surface area contributed by atoms with Crippen LogP contribution >= 0.6 is 0 Å². The van der Waals surface area contributed by atoms with Crippen LogP contribution in [0, 0.1) is 11.3 Å². The Labute approximate surface area is 132 Å².